The van der Waals surface area contributed by atoms with Crippen molar-refractivity contribution >= 4 is 33.4 Å². The molecule has 2 aromatic carbocycles. The van der Waals surface area contributed by atoms with E-state index in [0.29, 0.717) is 17.1 Å². The van der Waals surface area contributed by atoms with Crippen LogP contribution in [0.5, 0.6) is 11.5 Å². The molecule has 0 fully saturated rings. The van der Waals surface area contributed by atoms with Crippen LogP contribution in [0.25, 0.3) is 0 Å². The highest BCUT2D eigenvalue weighted by Crippen LogP contribution is 2.21. The molecule has 3 aromatic rings. The fourth-order valence-electron chi connectivity index (χ4n) is 2.67. The highest BCUT2D eigenvalue weighted by Gasteiger charge is 2.16. The first kappa shape index (κ1) is 20.5. The Bertz CT molecular complexity index is 1010. The molecule has 3 rings (SSSR count). The number of pyridine rings is 1. The zero-order valence-electron chi connectivity index (χ0n) is 16.1. The van der Waals surface area contributed by atoms with Crippen molar-refractivity contribution in [2.45, 2.75) is 6.92 Å². The van der Waals surface area contributed by atoms with Crippen LogP contribution in [0, 0.1) is 6.92 Å². The van der Waals surface area contributed by atoms with Crippen molar-refractivity contribution in [3.63, 3.8) is 0 Å². The van der Waals surface area contributed by atoms with Gasteiger partial charge in [0.15, 0.2) is 0 Å². The monoisotopic (exact) mass is 453 g/mol. The topological polar surface area (TPSA) is 71.5 Å². The number of ether oxygens (including phenoxy) is 1. The van der Waals surface area contributed by atoms with Gasteiger partial charge in [0.25, 0.3) is 5.91 Å². The van der Waals surface area contributed by atoms with Gasteiger partial charge in [-0.1, -0.05) is 15.9 Å². The molecule has 0 spiro atoms. The van der Waals surface area contributed by atoms with Crippen LogP contribution in [-0.4, -0.2) is 35.3 Å². The fraction of sp³-hybridized carbons (Fsp3) is 0.136. The largest absolute Gasteiger partial charge is 0.456 e. The molecule has 0 aliphatic heterocycles. The van der Waals surface area contributed by atoms with Crippen LogP contribution in [0.4, 0.5) is 5.69 Å². The van der Waals surface area contributed by atoms with Gasteiger partial charge in [-0.15, -0.1) is 0 Å². The Morgan fingerprint density at radius 1 is 1.10 bits per heavy atom. The Morgan fingerprint density at radius 2 is 1.86 bits per heavy atom. The van der Waals surface area contributed by atoms with Crippen molar-refractivity contribution in [1.29, 1.82) is 0 Å². The zero-order chi connectivity index (χ0) is 20.8. The molecule has 0 aliphatic carbocycles. The number of rotatable bonds is 6. The van der Waals surface area contributed by atoms with Gasteiger partial charge >= 0.3 is 0 Å². The van der Waals surface area contributed by atoms with E-state index in [1.54, 1.807) is 55.8 Å². The lowest BCUT2D eigenvalue weighted by Gasteiger charge is -2.17. The van der Waals surface area contributed by atoms with Gasteiger partial charge in [-0.3, -0.25) is 14.6 Å². The average molecular weight is 454 g/mol. The standard InChI is InChI=1S/C22H20BrN3O3/c1-15-12-17(23)7-10-20(15)25-21(27)14-26(2)22(28)16-5-8-18(9-6-16)29-19-4-3-11-24-13-19/h3-13H,14H2,1-2H3,(H,25,27). The van der Waals surface area contributed by atoms with Crippen molar-refractivity contribution in [1.82, 2.24) is 9.88 Å². The van der Waals surface area contributed by atoms with E-state index >= 15 is 0 Å². The third-order valence-corrected chi connectivity index (χ3v) is 4.65. The molecule has 0 bridgehead atoms. The van der Waals surface area contributed by atoms with E-state index in [1.165, 1.54) is 4.90 Å². The summed E-state index contributed by atoms with van der Waals surface area (Å²) in [6.07, 6.45) is 3.28. The van der Waals surface area contributed by atoms with Gasteiger partial charge in [0.1, 0.15) is 11.5 Å². The van der Waals surface area contributed by atoms with Gasteiger partial charge in [0.05, 0.1) is 12.7 Å². The number of nitrogens with zero attached hydrogens (tertiary/aromatic N) is 2. The molecule has 2 amide bonds. The number of aryl methyl sites for hydroxylation is 1. The molecular weight excluding hydrogens is 434 g/mol. The molecule has 7 heteroatoms. The summed E-state index contributed by atoms with van der Waals surface area (Å²) in [5.41, 5.74) is 2.13. The Kier molecular flexibility index (Phi) is 6.61. The third kappa shape index (κ3) is 5.65. The average Bonchev–Trinajstić information content (AvgIpc) is 2.71. The number of anilines is 1. The van der Waals surface area contributed by atoms with E-state index < -0.39 is 0 Å². The molecule has 6 nitrogen and oxygen atoms in total. The second-order valence-electron chi connectivity index (χ2n) is 6.48. The van der Waals surface area contributed by atoms with Gasteiger partial charge < -0.3 is 15.0 Å². The van der Waals surface area contributed by atoms with Gasteiger partial charge in [0.2, 0.25) is 5.91 Å². The normalized spacial score (nSPS) is 10.3. The van der Waals surface area contributed by atoms with Crippen molar-refractivity contribution in [2.75, 3.05) is 18.9 Å². The van der Waals surface area contributed by atoms with Crippen molar-refractivity contribution < 1.29 is 14.3 Å². The summed E-state index contributed by atoms with van der Waals surface area (Å²) in [6.45, 7) is 1.85. The van der Waals surface area contributed by atoms with Crippen LogP contribution in [-0.2, 0) is 4.79 Å². The maximum absolute atomic E-state index is 12.6. The smallest absolute Gasteiger partial charge is 0.254 e. The molecule has 0 saturated carbocycles. The zero-order valence-corrected chi connectivity index (χ0v) is 17.6. The molecule has 1 aromatic heterocycles. The molecule has 29 heavy (non-hydrogen) atoms. The number of halogens is 1. The number of amides is 2. The Hall–Kier alpha value is -3.19. The van der Waals surface area contributed by atoms with Crippen molar-refractivity contribution in [3.8, 4) is 11.5 Å². The SMILES string of the molecule is Cc1cc(Br)ccc1NC(=O)CN(C)C(=O)c1ccc(Oc2cccnc2)cc1. The van der Waals surface area contributed by atoms with Crippen LogP contribution >= 0.6 is 15.9 Å². The predicted molar refractivity (Wildman–Crippen MR) is 115 cm³/mol. The lowest BCUT2D eigenvalue weighted by molar-refractivity contribution is -0.116. The second kappa shape index (κ2) is 9.34. The molecule has 0 saturated heterocycles. The summed E-state index contributed by atoms with van der Waals surface area (Å²) in [6, 6.07) is 15.9. The lowest BCUT2D eigenvalue weighted by atomic mass is 10.2. The highest BCUT2D eigenvalue weighted by molar-refractivity contribution is 9.10. The molecule has 1 heterocycles. The summed E-state index contributed by atoms with van der Waals surface area (Å²) in [7, 11) is 1.59. The molecule has 0 atom stereocenters. The second-order valence-corrected chi connectivity index (χ2v) is 7.40. The summed E-state index contributed by atoms with van der Waals surface area (Å²) in [5, 5.41) is 2.83. The first-order chi connectivity index (χ1) is 13.9. The van der Waals surface area contributed by atoms with E-state index in [1.807, 2.05) is 25.1 Å². The first-order valence-electron chi connectivity index (χ1n) is 8.92. The van der Waals surface area contributed by atoms with E-state index in [9.17, 15) is 9.59 Å². The van der Waals surface area contributed by atoms with Crippen molar-refractivity contribution in [3.05, 3.63) is 82.6 Å². The van der Waals surface area contributed by atoms with Gasteiger partial charge in [-0.2, -0.15) is 0 Å². The van der Waals surface area contributed by atoms with E-state index in [0.717, 1.165) is 15.7 Å². The van der Waals surface area contributed by atoms with E-state index in [2.05, 4.69) is 26.2 Å². The number of benzene rings is 2. The quantitative estimate of drug-likeness (QED) is 0.589. The summed E-state index contributed by atoms with van der Waals surface area (Å²) >= 11 is 3.39. The van der Waals surface area contributed by atoms with Gasteiger partial charge in [0, 0.05) is 29.0 Å². The van der Waals surface area contributed by atoms with Crippen molar-refractivity contribution in [2.24, 2.45) is 0 Å². The van der Waals surface area contributed by atoms with Crippen LogP contribution in [0.1, 0.15) is 15.9 Å². The summed E-state index contributed by atoms with van der Waals surface area (Å²) in [4.78, 5) is 30.3. The summed E-state index contributed by atoms with van der Waals surface area (Å²) in [5.74, 6) is 0.702. The predicted octanol–water partition coefficient (Wildman–Crippen LogP) is 4.66. The van der Waals surface area contributed by atoms with E-state index in [-0.39, 0.29) is 18.4 Å². The highest BCUT2D eigenvalue weighted by atomic mass is 79.9. The van der Waals surface area contributed by atoms with Crippen LogP contribution in [0.15, 0.2) is 71.5 Å². The fourth-order valence-corrected chi connectivity index (χ4v) is 3.15. The van der Waals surface area contributed by atoms with Crippen LogP contribution in [0.3, 0.4) is 0 Å². The van der Waals surface area contributed by atoms with Gasteiger partial charge in [-0.25, -0.2) is 0 Å². The molecule has 148 valence electrons. The summed E-state index contributed by atoms with van der Waals surface area (Å²) < 4.78 is 6.61. The Labute approximate surface area is 177 Å². The molecule has 0 aliphatic rings. The lowest BCUT2D eigenvalue weighted by Crippen LogP contribution is -2.35. The maximum atomic E-state index is 12.6. The minimum atomic E-state index is -0.261. The number of carbonyl (C=O) groups is 2. The van der Waals surface area contributed by atoms with Crippen LogP contribution in [0.2, 0.25) is 0 Å². The Balaban J connectivity index is 1.58. The number of likely N-dealkylation sites (N-methyl/N-ethyl adjacent to an activating group) is 1. The maximum Gasteiger partial charge on any atom is 0.254 e. The third-order valence-electron chi connectivity index (χ3n) is 4.16. The number of hydrogen-bond donors (Lipinski definition) is 1. The Morgan fingerprint density at radius 3 is 2.52 bits per heavy atom. The molecule has 0 unspecified atom stereocenters. The number of nitrogens with one attached hydrogen (secondary N) is 1. The van der Waals surface area contributed by atoms with Gasteiger partial charge in [-0.05, 0) is 67.1 Å². The number of hydrogen-bond acceptors (Lipinski definition) is 4. The minimum absolute atomic E-state index is 0.0533. The van der Waals surface area contributed by atoms with Crippen LogP contribution < -0.4 is 10.1 Å². The van der Waals surface area contributed by atoms with E-state index in [4.69, 9.17) is 4.74 Å². The molecule has 0 radical (unpaired) electrons. The number of aromatic nitrogens is 1. The molecular formula is C22H20BrN3O3. The number of carbonyl (C=O) groups excluding carboxylic acids is 2. The molecule has 1 N–H and O–H groups in total. The first-order valence-corrected chi connectivity index (χ1v) is 9.71. The minimum Gasteiger partial charge on any atom is -0.456 e.